The third-order valence-electron chi connectivity index (χ3n) is 2.95. The second-order valence-electron chi connectivity index (χ2n) is 4.50. The van der Waals surface area contributed by atoms with Crippen molar-refractivity contribution in [3.8, 4) is 0 Å². The van der Waals surface area contributed by atoms with E-state index in [4.69, 9.17) is 5.73 Å². The van der Waals surface area contributed by atoms with Crippen LogP contribution < -0.4 is 10.6 Å². The highest BCUT2D eigenvalue weighted by atomic mass is 19.1. The molecule has 19 heavy (non-hydrogen) atoms. The molecule has 4 nitrogen and oxygen atoms in total. The van der Waals surface area contributed by atoms with Gasteiger partial charge in [0, 0.05) is 19.8 Å². The van der Waals surface area contributed by atoms with Crippen LogP contribution in [0, 0.1) is 5.82 Å². The number of aromatic nitrogens is 2. The molecule has 1 aromatic carbocycles. The van der Waals surface area contributed by atoms with Crippen molar-refractivity contribution in [2.45, 2.75) is 13.0 Å². The third kappa shape index (κ3) is 3.54. The van der Waals surface area contributed by atoms with Crippen LogP contribution in [0.4, 0.5) is 10.1 Å². The van der Waals surface area contributed by atoms with E-state index in [0.29, 0.717) is 25.3 Å². The minimum atomic E-state index is -0.213. The molecular weight excluding hydrogens is 243 g/mol. The zero-order chi connectivity index (χ0) is 13.7. The molecule has 0 atom stereocenters. The van der Waals surface area contributed by atoms with E-state index in [9.17, 15) is 4.39 Å². The highest BCUT2D eigenvalue weighted by Gasteiger charge is 2.12. The molecule has 2 aromatic rings. The van der Waals surface area contributed by atoms with E-state index in [-0.39, 0.29) is 5.82 Å². The maximum atomic E-state index is 13.9. The number of benzene rings is 1. The van der Waals surface area contributed by atoms with Gasteiger partial charge in [0.1, 0.15) is 5.82 Å². The topological polar surface area (TPSA) is 47.1 Å². The van der Waals surface area contributed by atoms with Crippen LogP contribution in [0.5, 0.6) is 0 Å². The molecule has 0 spiro atoms. The Bertz CT molecular complexity index is 524. The van der Waals surface area contributed by atoms with Crippen molar-refractivity contribution in [1.29, 1.82) is 0 Å². The minimum absolute atomic E-state index is 0.213. The van der Waals surface area contributed by atoms with Crippen LogP contribution in [0.2, 0.25) is 0 Å². The van der Waals surface area contributed by atoms with Gasteiger partial charge in [0.05, 0.1) is 17.9 Å². The van der Waals surface area contributed by atoms with Crippen LogP contribution >= 0.6 is 0 Å². The Balaban J connectivity index is 2.18. The van der Waals surface area contributed by atoms with Gasteiger partial charge in [0.25, 0.3) is 0 Å². The van der Waals surface area contributed by atoms with Crippen LogP contribution in [0.3, 0.4) is 0 Å². The van der Waals surface area contributed by atoms with Crippen molar-refractivity contribution in [2.75, 3.05) is 18.0 Å². The average molecular weight is 262 g/mol. The summed E-state index contributed by atoms with van der Waals surface area (Å²) >= 11 is 0. The molecule has 102 valence electrons. The predicted octanol–water partition coefficient (Wildman–Crippen LogP) is 1.91. The molecule has 0 bridgehead atoms. The first-order chi connectivity index (χ1) is 9.20. The lowest BCUT2D eigenvalue weighted by atomic mass is 10.2. The summed E-state index contributed by atoms with van der Waals surface area (Å²) in [6, 6.07) is 8.74. The van der Waals surface area contributed by atoms with Crippen molar-refractivity contribution in [1.82, 2.24) is 9.78 Å². The molecule has 1 aromatic heterocycles. The Labute approximate surface area is 112 Å². The zero-order valence-electron chi connectivity index (χ0n) is 11.1. The predicted molar refractivity (Wildman–Crippen MR) is 74.3 cm³/mol. The van der Waals surface area contributed by atoms with Crippen LogP contribution in [0.15, 0.2) is 36.5 Å². The van der Waals surface area contributed by atoms with Gasteiger partial charge in [0.2, 0.25) is 0 Å². The number of hydrogen-bond acceptors (Lipinski definition) is 3. The van der Waals surface area contributed by atoms with E-state index in [0.717, 1.165) is 12.1 Å². The maximum absolute atomic E-state index is 13.9. The molecule has 0 aliphatic carbocycles. The maximum Gasteiger partial charge on any atom is 0.146 e. The Morgan fingerprint density at radius 3 is 2.74 bits per heavy atom. The molecule has 0 aliphatic heterocycles. The first-order valence-electron chi connectivity index (χ1n) is 6.39. The van der Waals surface area contributed by atoms with Gasteiger partial charge in [-0.2, -0.15) is 5.10 Å². The third-order valence-corrected chi connectivity index (χ3v) is 2.95. The summed E-state index contributed by atoms with van der Waals surface area (Å²) in [6.45, 7) is 1.89. The van der Waals surface area contributed by atoms with Crippen molar-refractivity contribution in [3.05, 3.63) is 48.0 Å². The summed E-state index contributed by atoms with van der Waals surface area (Å²) in [5.41, 5.74) is 7.07. The number of halogens is 1. The zero-order valence-corrected chi connectivity index (χ0v) is 11.1. The Morgan fingerprint density at radius 2 is 2.11 bits per heavy atom. The summed E-state index contributed by atoms with van der Waals surface area (Å²) in [4.78, 5) is 1.98. The van der Waals surface area contributed by atoms with Gasteiger partial charge in [0.15, 0.2) is 0 Å². The molecule has 0 amide bonds. The van der Waals surface area contributed by atoms with Crippen molar-refractivity contribution in [2.24, 2.45) is 12.8 Å². The number of aryl methyl sites for hydroxylation is 1. The molecule has 2 N–H and O–H groups in total. The second kappa shape index (κ2) is 6.33. The smallest absolute Gasteiger partial charge is 0.146 e. The normalized spacial score (nSPS) is 10.7. The SMILES string of the molecule is Cn1ccc(CN(CCCN)c2ccccc2F)n1. The standard InChI is InChI=1S/C14H19FN4/c1-18-10-7-12(17-18)11-19(9-4-8-16)14-6-3-2-5-13(14)15/h2-3,5-7,10H,4,8-9,11,16H2,1H3. The highest BCUT2D eigenvalue weighted by molar-refractivity contribution is 5.47. The van der Waals surface area contributed by atoms with E-state index < -0.39 is 0 Å². The van der Waals surface area contributed by atoms with Gasteiger partial charge >= 0.3 is 0 Å². The highest BCUT2D eigenvalue weighted by Crippen LogP contribution is 2.20. The van der Waals surface area contributed by atoms with E-state index in [1.54, 1.807) is 16.8 Å². The number of hydrogen-bond donors (Lipinski definition) is 1. The van der Waals surface area contributed by atoms with Crippen molar-refractivity contribution < 1.29 is 4.39 Å². The lowest BCUT2D eigenvalue weighted by Gasteiger charge is -2.24. The van der Waals surface area contributed by atoms with Crippen molar-refractivity contribution >= 4 is 5.69 Å². The molecule has 5 heteroatoms. The van der Waals surface area contributed by atoms with Gasteiger partial charge in [-0.15, -0.1) is 0 Å². The number of para-hydroxylation sites is 1. The molecule has 0 aliphatic rings. The number of nitrogens with two attached hydrogens (primary N) is 1. The van der Waals surface area contributed by atoms with E-state index in [2.05, 4.69) is 5.10 Å². The fourth-order valence-corrected chi connectivity index (χ4v) is 2.02. The molecule has 0 saturated heterocycles. The molecule has 0 saturated carbocycles. The number of nitrogens with zero attached hydrogens (tertiary/aromatic N) is 3. The lowest BCUT2D eigenvalue weighted by molar-refractivity contribution is 0.609. The fraction of sp³-hybridized carbons (Fsp3) is 0.357. The fourth-order valence-electron chi connectivity index (χ4n) is 2.02. The van der Waals surface area contributed by atoms with E-state index in [1.165, 1.54) is 6.07 Å². The number of anilines is 1. The Kier molecular flexibility index (Phi) is 4.52. The van der Waals surface area contributed by atoms with E-state index in [1.807, 2.05) is 30.3 Å². The summed E-state index contributed by atoms with van der Waals surface area (Å²) in [5, 5.41) is 4.34. The Morgan fingerprint density at radius 1 is 1.32 bits per heavy atom. The van der Waals surface area contributed by atoms with Gasteiger partial charge in [-0.25, -0.2) is 4.39 Å². The van der Waals surface area contributed by atoms with Gasteiger partial charge in [-0.3, -0.25) is 4.68 Å². The molecule has 1 heterocycles. The van der Waals surface area contributed by atoms with Crippen LogP contribution in [-0.2, 0) is 13.6 Å². The van der Waals surface area contributed by atoms with Crippen molar-refractivity contribution in [3.63, 3.8) is 0 Å². The first-order valence-corrected chi connectivity index (χ1v) is 6.39. The van der Waals surface area contributed by atoms with Gasteiger partial charge in [-0.1, -0.05) is 12.1 Å². The molecule has 0 unspecified atom stereocenters. The number of rotatable bonds is 6. The largest absolute Gasteiger partial charge is 0.363 e. The van der Waals surface area contributed by atoms with Crippen LogP contribution in [0.25, 0.3) is 0 Å². The first kappa shape index (κ1) is 13.5. The molecule has 0 radical (unpaired) electrons. The summed E-state index contributed by atoms with van der Waals surface area (Å²) in [7, 11) is 1.87. The lowest BCUT2D eigenvalue weighted by Crippen LogP contribution is -2.26. The summed E-state index contributed by atoms with van der Waals surface area (Å²) in [6.07, 6.45) is 2.71. The molecular formula is C14H19FN4. The molecule has 0 fully saturated rings. The summed E-state index contributed by atoms with van der Waals surface area (Å²) < 4.78 is 15.6. The van der Waals surface area contributed by atoms with Gasteiger partial charge in [-0.05, 0) is 31.2 Å². The second-order valence-corrected chi connectivity index (χ2v) is 4.50. The Hall–Kier alpha value is -1.88. The molecule has 2 rings (SSSR count). The van der Waals surface area contributed by atoms with Crippen LogP contribution in [0.1, 0.15) is 12.1 Å². The quantitative estimate of drug-likeness (QED) is 0.865. The summed E-state index contributed by atoms with van der Waals surface area (Å²) in [5.74, 6) is -0.213. The van der Waals surface area contributed by atoms with E-state index >= 15 is 0 Å². The minimum Gasteiger partial charge on any atom is -0.363 e. The van der Waals surface area contributed by atoms with Crippen LogP contribution in [-0.4, -0.2) is 22.9 Å². The average Bonchev–Trinajstić information content (AvgIpc) is 2.81. The monoisotopic (exact) mass is 262 g/mol. The van der Waals surface area contributed by atoms with Gasteiger partial charge < -0.3 is 10.6 Å².